The highest BCUT2D eigenvalue weighted by Crippen LogP contribution is 2.09. The van der Waals surface area contributed by atoms with E-state index in [0.717, 1.165) is 0 Å². The Morgan fingerprint density at radius 1 is 0.688 bits per heavy atom. The SMILES string of the molecule is CN1CCN(CCCN2CCCCC2)CC1. The maximum atomic E-state index is 2.65. The number of piperazine rings is 1. The average Bonchev–Trinajstić information content (AvgIpc) is 2.33. The molecule has 0 N–H and O–H groups in total. The zero-order valence-corrected chi connectivity index (χ0v) is 10.8. The van der Waals surface area contributed by atoms with Gasteiger partial charge in [-0.1, -0.05) is 6.42 Å². The number of likely N-dealkylation sites (N-methyl/N-ethyl adjacent to an activating group) is 1. The molecule has 2 saturated heterocycles. The molecule has 2 rings (SSSR count). The highest BCUT2D eigenvalue weighted by molar-refractivity contribution is 4.70. The van der Waals surface area contributed by atoms with Crippen molar-refractivity contribution in [2.75, 3.05) is 59.4 Å². The van der Waals surface area contributed by atoms with Crippen molar-refractivity contribution in [3.05, 3.63) is 0 Å². The van der Waals surface area contributed by atoms with Crippen LogP contribution in [0.4, 0.5) is 0 Å². The van der Waals surface area contributed by atoms with Crippen LogP contribution in [-0.4, -0.2) is 74.1 Å². The monoisotopic (exact) mass is 225 g/mol. The molecule has 0 amide bonds. The first-order chi connectivity index (χ1) is 7.84. The smallest absolute Gasteiger partial charge is 0.0110 e. The molecule has 2 heterocycles. The van der Waals surface area contributed by atoms with Gasteiger partial charge in [-0.25, -0.2) is 0 Å². The van der Waals surface area contributed by atoms with E-state index >= 15 is 0 Å². The van der Waals surface area contributed by atoms with Crippen molar-refractivity contribution in [2.45, 2.75) is 25.7 Å². The minimum atomic E-state index is 1.25. The van der Waals surface area contributed by atoms with Crippen LogP contribution in [0.3, 0.4) is 0 Å². The van der Waals surface area contributed by atoms with Gasteiger partial charge in [-0.2, -0.15) is 0 Å². The molecule has 0 unspecified atom stereocenters. The molecule has 0 saturated carbocycles. The molecule has 0 atom stereocenters. The second-order valence-corrected chi connectivity index (χ2v) is 5.40. The van der Waals surface area contributed by atoms with Crippen molar-refractivity contribution < 1.29 is 0 Å². The highest BCUT2D eigenvalue weighted by atomic mass is 15.2. The zero-order valence-electron chi connectivity index (χ0n) is 10.8. The standard InChI is InChI=1S/C13H27N3/c1-14-10-12-16(13-11-14)9-5-8-15-6-3-2-4-7-15/h2-13H2,1H3. The number of nitrogens with zero attached hydrogens (tertiary/aromatic N) is 3. The molecule has 0 aromatic rings. The van der Waals surface area contributed by atoms with Gasteiger partial charge in [0, 0.05) is 26.2 Å². The Labute approximate surface area is 100 Å². The molecule has 3 heteroatoms. The Kier molecular flexibility index (Phi) is 5.07. The third-order valence-corrected chi connectivity index (χ3v) is 3.99. The summed E-state index contributed by atoms with van der Waals surface area (Å²) < 4.78 is 0. The third kappa shape index (κ3) is 4.04. The van der Waals surface area contributed by atoms with E-state index in [0.29, 0.717) is 0 Å². The van der Waals surface area contributed by atoms with Crippen LogP contribution in [0.5, 0.6) is 0 Å². The Hall–Kier alpha value is -0.120. The largest absolute Gasteiger partial charge is 0.304 e. The minimum Gasteiger partial charge on any atom is -0.304 e. The van der Waals surface area contributed by atoms with Crippen LogP contribution in [-0.2, 0) is 0 Å². The summed E-state index contributed by atoms with van der Waals surface area (Å²) in [7, 11) is 2.23. The predicted octanol–water partition coefficient (Wildman–Crippen LogP) is 1.11. The number of hydrogen-bond donors (Lipinski definition) is 0. The fraction of sp³-hybridized carbons (Fsp3) is 1.00. The molecule has 3 nitrogen and oxygen atoms in total. The molecular weight excluding hydrogens is 198 g/mol. The molecule has 2 fully saturated rings. The predicted molar refractivity (Wildman–Crippen MR) is 68.8 cm³/mol. The molecule has 0 aromatic carbocycles. The molecule has 0 aliphatic carbocycles. The van der Waals surface area contributed by atoms with Gasteiger partial charge >= 0.3 is 0 Å². The summed E-state index contributed by atoms with van der Waals surface area (Å²) in [5, 5.41) is 0. The van der Waals surface area contributed by atoms with Crippen molar-refractivity contribution in [3.63, 3.8) is 0 Å². The fourth-order valence-corrected chi connectivity index (χ4v) is 2.77. The van der Waals surface area contributed by atoms with Gasteiger partial charge in [-0.15, -0.1) is 0 Å². The maximum Gasteiger partial charge on any atom is 0.0110 e. The van der Waals surface area contributed by atoms with Gasteiger partial charge in [-0.05, 0) is 52.5 Å². The summed E-state index contributed by atoms with van der Waals surface area (Å²) in [5.41, 5.74) is 0. The number of piperidine rings is 1. The maximum absolute atomic E-state index is 2.65. The van der Waals surface area contributed by atoms with Crippen molar-refractivity contribution in [1.29, 1.82) is 0 Å². The first-order valence-corrected chi connectivity index (χ1v) is 6.98. The Bertz CT molecular complexity index is 182. The number of likely N-dealkylation sites (tertiary alicyclic amines) is 1. The Balaban J connectivity index is 1.53. The van der Waals surface area contributed by atoms with Gasteiger partial charge in [0.05, 0.1) is 0 Å². The van der Waals surface area contributed by atoms with Crippen LogP contribution in [0.15, 0.2) is 0 Å². The van der Waals surface area contributed by atoms with Crippen LogP contribution in [0.1, 0.15) is 25.7 Å². The van der Waals surface area contributed by atoms with E-state index in [1.165, 1.54) is 78.0 Å². The molecule has 16 heavy (non-hydrogen) atoms. The summed E-state index contributed by atoms with van der Waals surface area (Å²) in [5.74, 6) is 0. The van der Waals surface area contributed by atoms with Crippen molar-refractivity contribution >= 4 is 0 Å². The fourth-order valence-electron chi connectivity index (χ4n) is 2.77. The normalized spacial score (nSPS) is 26.1. The van der Waals surface area contributed by atoms with Crippen LogP contribution in [0.2, 0.25) is 0 Å². The van der Waals surface area contributed by atoms with E-state index in [4.69, 9.17) is 0 Å². The summed E-state index contributed by atoms with van der Waals surface area (Å²) >= 11 is 0. The topological polar surface area (TPSA) is 9.72 Å². The van der Waals surface area contributed by atoms with E-state index < -0.39 is 0 Å². The second-order valence-electron chi connectivity index (χ2n) is 5.40. The van der Waals surface area contributed by atoms with E-state index in [9.17, 15) is 0 Å². The summed E-state index contributed by atoms with van der Waals surface area (Å²) in [4.78, 5) is 7.71. The summed E-state index contributed by atoms with van der Waals surface area (Å²) in [6.45, 7) is 10.4. The first-order valence-electron chi connectivity index (χ1n) is 6.98. The molecular formula is C13H27N3. The molecule has 0 spiro atoms. The second kappa shape index (κ2) is 6.58. The van der Waals surface area contributed by atoms with Crippen LogP contribution in [0.25, 0.3) is 0 Å². The Morgan fingerprint density at radius 3 is 1.88 bits per heavy atom. The van der Waals surface area contributed by atoms with Gasteiger partial charge < -0.3 is 14.7 Å². The molecule has 2 aliphatic rings. The summed E-state index contributed by atoms with van der Waals surface area (Å²) in [6, 6.07) is 0. The lowest BCUT2D eigenvalue weighted by Crippen LogP contribution is -2.45. The van der Waals surface area contributed by atoms with Crippen molar-refractivity contribution in [1.82, 2.24) is 14.7 Å². The van der Waals surface area contributed by atoms with E-state index in [1.54, 1.807) is 0 Å². The lowest BCUT2D eigenvalue weighted by molar-refractivity contribution is 0.143. The molecule has 94 valence electrons. The number of rotatable bonds is 4. The van der Waals surface area contributed by atoms with Crippen LogP contribution < -0.4 is 0 Å². The number of hydrogen-bond acceptors (Lipinski definition) is 3. The van der Waals surface area contributed by atoms with Crippen LogP contribution >= 0.6 is 0 Å². The van der Waals surface area contributed by atoms with Gasteiger partial charge in [0.1, 0.15) is 0 Å². The Morgan fingerprint density at radius 2 is 1.25 bits per heavy atom. The molecule has 0 bridgehead atoms. The zero-order chi connectivity index (χ0) is 11.2. The molecule has 2 aliphatic heterocycles. The highest BCUT2D eigenvalue weighted by Gasteiger charge is 2.14. The lowest BCUT2D eigenvalue weighted by Gasteiger charge is -2.33. The van der Waals surface area contributed by atoms with Crippen molar-refractivity contribution in [2.24, 2.45) is 0 Å². The minimum absolute atomic E-state index is 1.25. The molecule has 0 radical (unpaired) electrons. The van der Waals surface area contributed by atoms with Gasteiger partial charge in [-0.3, -0.25) is 0 Å². The quantitative estimate of drug-likeness (QED) is 0.710. The lowest BCUT2D eigenvalue weighted by atomic mass is 10.1. The van der Waals surface area contributed by atoms with Crippen molar-refractivity contribution in [3.8, 4) is 0 Å². The van der Waals surface area contributed by atoms with Crippen LogP contribution in [0, 0.1) is 0 Å². The van der Waals surface area contributed by atoms with Gasteiger partial charge in [0.2, 0.25) is 0 Å². The first kappa shape index (κ1) is 12.3. The third-order valence-electron chi connectivity index (χ3n) is 3.99. The van der Waals surface area contributed by atoms with E-state index in [2.05, 4.69) is 21.7 Å². The van der Waals surface area contributed by atoms with Gasteiger partial charge in [0.15, 0.2) is 0 Å². The average molecular weight is 225 g/mol. The molecule has 0 aromatic heterocycles. The van der Waals surface area contributed by atoms with E-state index in [1.807, 2.05) is 0 Å². The van der Waals surface area contributed by atoms with Gasteiger partial charge in [0.25, 0.3) is 0 Å². The van der Waals surface area contributed by atoms with E-state index in [-0.39, 0.29) is 0 Å². The summed E-state index contributed by atoms with van der Waals surface area (Å²) in [6.07, 6.45) is 5.67.